The summed E-state index contributed by atoms with van der Waals surface area (Å²) in [6, 6.07) is 14.9. The van der Waals surface area contributed by atoms with Crippen molar-refractivity contribution in [1.29, 1.82) is 0 Å². The molecule has 2 aromatic carbocycles. The van der Waals surface area contributed by atoms with Gasteiger partial charge in [-0.05, 0) is 61.8 Å². The standard InChI is InChI=1S/C22H22Cl2N4O2/c23-18-7-5-15(6-8-18)21-26-20(30-27-21)14-28-11-9-16(10-12-28)22(29)25-13-17-3-1-2-4-19(17)24/h1-8,16H,9-14H2,(H,25,29). The molecular weight excluding hydrogens is 423 g/mol. The van der Waals surface area contributed by atoms with Crippen molar-refractivity contribution in [3.05, 3.63) is 70.0 Å². The minimum atomic E-state index is 0.0102. The fourth-order valence-corrected chi connectivity index (χ4v) is 3.88. The molecule has 8 heteroatoms. The van der Waals surface area contributed by atoms with Gasteiger partial charge in [-0.15, -0.1) is 0 Å². The molecule has 1 amide bonds. The van der Waals surface area contributed by atoms with Gasteiger partial charge in [0.25, 0.3) is 0 Å². The fourth-order valence-electron chi connectivity index (χ4n) is 3.55. The average molecular weight is 445 g/mol. The maximum atomic E-state index is 12.5. The Bertz CT molecular complexity index is 998. The van der Waals surface area contributed by atoms with Crippen LogP contribution in [0.5, 0.6) is 0 Å². The summed E-state index contributed by atoms with van der Waals surface area (Å²) in [6.45, 7) is 2.65. The van der Waals surface area contributed by atoms with Gasteiger partial charge in [0.05, 0.1) is 6.54 Å². The van der Waals surface area contributed by atoms with Crippen LogP contribution in [0.1, 0.15) is 24.3 Å². The molecule has 1 aliphatic heterocycles. The topological polar surface area (TPSA) is 71.3 Å². The van der Waals surface area contributed by atoms with Crippen LogP contribution in [0, 0.1) is 5.92 Å². The molecule has 0 saturated carbocycles. The third kappa shape index (κ3) is 5.19. The predicted octanol–water partition coefficient (Wildman–Crippen LogP) is 4.57. The van der Waals surface area contributed by atoms with Gasteiger partial charge in [-0.1, -0.05) is 46.6 Å². The molecule has 0 bridgehead atoms. The van der Waals surface area contributed by atoms with Crippen molar-refractivity contribution < 1.29 is 9.32 Å². The van der Waals surface area contributed by atoms with E-state index >= 15 is 0 Å². The number of benzene rings is 2. The lowest BCUT2D eigenvalue weighted by atomic mass is 9.96. The average Bonchev–Trinajstić information content (AvgIpc) is 3.22. The first kappa shape index (κ1) is 20.8. The van der Waals surface area contributed by atoms with Crippen LogP contribution in [0.25, 0.3) is 11.4 Å². The Morgan fingerprint density at radius 1 is 1.10 bits per heavy atom. The van der Waals surface area contributed by atoms with Crippen molar-refractivity contribution in [3.8, 4) is 11.4 Å². The minimum absolute atomic E-state index is 0.0102. The van der Waals surface area contributed by atoms with E-state index in [1.165, 1.54) is 0 Å². The monoisotopic (exact) mass is 444 g/mol. The van der Waals surface area contributed by atoms with Gasteiger partial charge in [0, 0.05) is 28.1 Å². The molecule has 0 aliphatic carbocycles. The third-order valence-corrected chi connectivity index (χ3v) is 5.92. The quantitative estimate of drug-likeness (QED) is 0.602. The summed E-state index contributed by atoms with van der Waals surface area (Å²) < 4.78 is 5.40. The Morgan fingerprint density at radius 3 is 2.57 bits per heavy atom. The number of nitrogens with one attached hydrogen (secondary N) is 1. The van der Waals surface area contributed by atoms with Gasteiger partial charge in [-0.2, -0.15) is 4.98 Å². The van der Waals surface area contributed by atoms with Gasteiger partial charge >= 0.3 is 0 Å². The van der Waals surface area contributed by atoms with E-state index in [0.717, 1.165) is 37.1 Å². The van der Waals surface area contributed by atoms with Crippen LogP contribution in [-0.4, -0.2) is 34.0 Å². The summed E-state index contributed by atoms with van der Waals surface area (Å²) in [5.41, 5.74) is 1.79. The van der Waals surface area contributed by atoms with Crippen molar-refractivity contribution in [2.75, 3.05) is 13.1 Å². The van der Waals surface area contributed by atoms with E-state index in [0.29, 0.717) is 34.8 Å². The van der Waals surface area contributed by atoms with E-state index in [1.807, 2.05) is 36.4 Å². The zero-order chi connectivity index (χ0) is 20.9. The Labute approximate surface area is 185 Å². The number of rotatable bonds is 6. The zero-order valence-electron chi connectivity index (χ0n) is 16.4. The first-order chi connectivity index (χ1) is 14.6. The second-order valence-corrected chi connectivity index (χ2v) is 8.22. The van der Waals surface area contributed by atoms with Gasteiger partial charge < -0.3 is 9.84 Å². The smallest absolute Gasteiger partial charge is 0.241 e. The van der Waals surface area contributed by atoms with E-state index in [1.54, 1.807) is 12.1 Å². The number of amides is 1. The SMILES string of the molecule is O=C(NCc1ccccc1Cl)C1CCN(Cc2nc(-c3ccc(Cl)cc3)no2)CC1. The number of piperidine rings is 1. The van der Waals surface area contributed by atoms with Crippen molar-refractivity contribution in [3.63, 3.8) is 0 Å². The van der Waals surface area contributed by atoms with E-state index < -0.39 is 0 Å². The summed E-state index contributed by atoms with van der Waals surface area (Å²) in [5.74, 6) is 1.21. The second-order valence-electron chi connectivity index (χ2n) is 7.38. The van der Waals surface area contributed by atoms with Gasteiger partial charge in [-0.3, -0.25) is 9.69 Å². The van der Waals surface area contributed by atoms with Crippen LogP contribution in [0.15, 0.2) is 53.1 Å². The summed E-state index contributed by atoms with van der Waals surface area (Å²) in [6.07, 6.45) is 1.60. The molecule has 0 radical (unpaired) electrons. The summed E-state index contributed by atoms with van der Waals surface area (Å²) in [7, 11) is 0. The molecule has 2 heterocycles. The van der Waals surface area contributed by atoms with Crippen molar-refractivity contribution in [2.45, 2.75) is 25.9 Å². The highest BCUT2D eigenvalue weighted by Crippen LogP contribution is 2.22. The van der Waals surface area contributed by atoms with E-state index in [-0.39, 0.29) is 11.8 Å². The highest BCUT2D eigenvalue weighted by Gasteiger charge is 2.26. The van der Waals surface area contributed by atoms with Gasteiger partial charge in [0.1, 0.15) is 0 Å². The Balaban J connectivity index is 1.25. The van der Waals surface area contributed by atoms with E-state index in [9.17, 15) is 4.79 Å². The molecule has 156 valence electrons. The maximum absolute atomic E-state index is 12.5. The number of aromatic nitrogens is 2. The number of nitrogens with zero attached hydrogens (tertiary/aromatic N) is 3. The molecule has 6 nitrogen and oxygen atoms in total. The molecule has 0 spiro atoms. The molecule has 1 saturated heterocycles. The van der Waals surface area contributed by atoms with Gasteiger partial charge in [0.2, 0.25) is 17.6 Å². The fraction of sp³-hybridized carbons (Fsp3) is 0.318. The molecule has 1 aliphatic rings. The largest absolute Gasteiger partial charge is 0.352 e. The molecule has 0 unspecified atom stereocenters. The number of carbonyl (C=O) groups excluding carboxylic acids is 1. The Kier molecular flexibility index (Phi) is 6.67. The van der Waals surface area contributed by atoms with Gasteiger partial charge in [0.15, 0.2) is 0 Å². The van der Waals surface area contributed by atoms with Crippen LogP contribution in [0.2, 0.25) is 10.0 Å². The minimum Gasteiger partial charge on any atom is -0.352 e. The van der Waals surface area contributed by atoms with E-state index in [2.05, 4.69) is 20.4 Å². The lowest BCUT2D eigenvalue weighted by Crippen LogP contribution is -2.40. The van der Waals surface area contributed by atoms with Gasteiger partial charge in [-0.25, -0.2) is 0 Å². The molecule has 3 aromatic rings. The third-order valence-electron chi connectivity index (χ3n) is 5.30. The molecule has 30 heavy (non-hydrogen) atoms. The molecule has 0 atom stereocenters. The van der Waals surface area contributed by atoms with Crippen molar-refractivity contribution >= 4 is 29.1 Å². The first-order valence-corrected chi connectivity index (χ1v) is 10.7. The Morgan fingerprint density at radius 2 is 1.83 bits per heavy atom. The summed E-state index contributed by atoms with van der Waals surface area (Å²) >= 11 is 12.1. The molecule has 1 aromatic heterocycles. The van der Waals surface area contributed by atoms with Crippen LogP contribution >= 0.6 is 23.2 Å². The molecule has 1 fully saturated rings. The first-order valence-electron chi connectivity index (χ1n) is 9.90. The van der Waals surface area contributed by atoms with Crippen molar-refractivity contribution in [1.82, 2.24) is 20.4 Å². The maximum Gasteiger partial charge on any atom is 0.241 e. The lowest BCUT2D eigenvalue weighted by Gasteiger charge is -2.30. The Hall–Kier alpha value is -2.41. The van der Waals surface area contributed by atoms with Crippen LogP contribution in [-0.2, 0) is 17.9 Å². The zero-order valence-corrected chi connectivity index (χ0v) is 17.9. The lowest BCUT2D eigenvalue weighted by molar-refractivity contribution is -0.126. The molecule has 1 N–H and O–H groups in total. The number of likely N-dealkylation sites (tertiary alicyclic amines) is 1. The van der Waals surface area contributed by atoms with Crippen LogP contribution < -0.4 is 5.32 Å². The van der Waals surface area contributed by atoms with Crippen LogP contribution in [0.4, 0.5) is 0 Å². The summed E-state index contributed by atoms with van der Waals surface area (Å²) in [4.78, 5) is 19.2. The normalized spacial score (nSPS) is 15.3. The molecular formula is C22H22Cl2N4O2. The van der Waals surface area contributed by atoms with Crippen LogP contribution in [0.3, 0.4) is 0 Å². The number of halogens is 2. The number of hydrogen-bond acceptors (Lipinski definition) is 5. The highest BCUT2D eigenvalue weighted by atomic mass is 35.5. The van der Waals surface area contributed by atoms with E-state index in [4.69, 9.17) is 27.7 Å². The number of hydrogen-bond donors (Lipinski definition) is 1. The van der Waals surface area contributed by atoms with Crippen molar-refractivity contribution in [2.24, 2.45) is 5.92 Å². The number of carbonyl (C=O) groups is 1. The highest BCUT2D eigenvalue weighted by molar-refractivity contribution is 6.31. The second kappa shape index (κ2) is 9.60. The molecule has 4 rings (SSSR count). The predicted molar refractivity (Wildman–Crippen MR) is 116 cm³/mol. The summed E-state index contributed by atoms with van der Waals surface area (Å²) in [5, 5.41) is 8.40.